The van der Waals surface area contributed by atoms with Crippen molar-refractivity contribution in [2.24, 2.45) is 0 Å². The maximum Gasteiger partial charge on any atom is 0.128 e. The van der Waals surface area contributed by atoms with E-state index in [1.54, 1.807) is 0 Å². The molecule has 0 N–H and O–H groups in total. The number of ether oxygens (including phenoxy) is 1. The second-order valence-corrected chi connectivity index (χ2v) is 4.37. The van der Waals surface area contributed by atoms with E-state index in [1.165, 1.54) is 5.56 Å². The van der Waals surface area contributed by atoms with Crippen LogP contribution >= 0.6 is 0 Å². The number of rotatable bonds is 5. The Kier molecular flexibility index (Phi) is 4.35. The van der Waals surface area contributed by atoms with Gasteiger partial charge in [-0.2, -0.15) is 0 Å². The summed E-state index contributed by atoms with van der Waals surface area (Å²) in [5, 5.41) is 0. The van der Waals surface area contributed by atoms with Crippen LogP contribution in [0.3, 0.4) is 0 Å². The fourth-order valence-electron chi connectivity index (χ4n) is 1.88. The molecule has 2 nitrogen and oxygen atoms in total. The van der Waals surface area contributed by atoms with Gasteiger partial charge in [0.2, 0.25) is 0 Å². The topological polar surface area (TPSA) is 22.1 Å². The van der Waals surface area contributed by atoms with Gasteiger partial charge in [0.05, 0.1) is 12.3 Å². The summed E-state index contributed by atoms with van der Waals surface area (Å²) >= 11 is 0. The Labute approximate surface area is 109 Å². The molecule has 0 saturated carbocycles. The monoisotopic (exact) mass is 241 g/mol. The highest BCUT2D eigenvalue weighted by Gasteiger charge is 2.08. The zero-order valence-corrected chi connectivity index (χ0v) is 11.0. The molecule has 2 aromatic rings. The van der Waals surface area contributed by atoms with Gasteiger partial charge >= 0.3 is 0 Å². The second-order valence-electron chi connectivity index (χ2n) is 4.37. The summed E-state index contributed by atoms with van der Waals surface area (Å²) in [6.07, 6.45) is 4.05. The molecule has 0 spiro atoms. The van der Waals surface area contributed by atoms with Crippen LogP contribution in [-0.4, -0.2) is 11.6 Å². The Balaban J connectivity index is 2.30. The zero-order chi connectivity index (χ0) is 12.8. The first-order chi connectivity index (χ1) is 8.83. The molecular weight excluding hydrogens is 222 g/mol. The van der Waals surface area contributed by atoms with Crippen molar-refractivity contribution in [1.82, 2.24) is 4.98 Å². The maximum atomic E-state index is 5.85. The standard InChI is InChI=1S/C16H19NO/c1-3-4-12-18-15-10-6-5-9-14(15)16-13(2)8-7-11-17-16/h5-11H,3-4,12H2,1-2H3. The molecule has 0 bridgehead atoms. The summed E-state index contributed by atoms with van der Waals surface area (Å²) in [5.74, 6) is 0.924. The lowest BCUT2D eigenvalue weighted by Gasteiger charge is -2.12. The molecule has 0 unspecified atom stereocenters. The smallest absolute Gasteiger partial charge is 0.128 e. The molecule has 0 radical (unpaired) electrons. The van der Waals surface area contributed by atoms with Crippen LogP contribution < -0.4 is 4.74 Å². The predicted octanol–water partition coefficient (Wildman–Crippen LogP) is 4.24. The lowest BCUT2D eigenvalue weighted by atomic mass is 10.1. The molecule has 2 heteroatoms. The molecule has 1 aromatic carbocycles. The van der Waals surface area contributed by atoms with Gasteiger partial charge < -0.3 is 4.74 Å². The van der Waals surface area contributed by atoms with Crippen molar-refractivity contribution in [2.45, 2.75) is 26.7 Å². The van der Waals surface area contributed by atoms with Crippen LogP contribution in [0.25, 0.3) is 11.3 Å². The number of nitrogens with zero attached hydrogens (tertiary/aromatic N) is 1. The van der Waals surface area contributed by atoms with Crippen LogP contribution in [0.15, 0.2) is 42.6 Å². The summed E-state index contributed by atoms with van der Waals surface area (Å²) in [4.78, 5) is 4.46. The summed E-state index contributed by atoms with van der Waals surface area (Å²) < 4.78 is 5.85. The second kappa shape index (κ2) is 6.20. The predicted molar refractivity (Wildman–Crippen MR) is 74.8 cm³/mol. The van der Waals surface area contributed by atoms with Crippen molar-refractivity contribution >= 4 is 0 Å². The lowest BCUT2D eigenvalue weighted by Crippen LogP contribution is -1.99. The van der Waals surface area contributed by atoms with Crippen molar-refractivity contribution in [3.05, 3.63) is 48.2 Å². The Bertz CT molecular complexity index is 508. The molecule has 2 rings (SSSR count). The van der Waals surface area contributed by atoms with Gasteiger partial charge in [0.25, 0.3) is 0 Å². The van der Waals surface area contributed by atoms with E-state index in [2.05, 4.69) is 31.0 Å². The van der Waals surface area contributed by atoms with Crippen molar-refractivity contribution in [1.29, 1.82) is 0 Å². The average molecular weight is 241 g/mol. The van der Waals surface area contributed by atoms with Gasteiger partial charge in [0, 0.05) is 11.8 Å². The number of hydrogen-bond donors (Lipinski definition) is 0. The molecule has 18 heavy (non-hydrogen) atoms. The molecule has 1 heterocycles. The summed E-state index contributed by atoms with van der Waals surface area (Å²) in [6, 6.07) is 12.1. The SMILES string of the molecule is CCCCOc1ccccc1-c1ncccc1C. The van der Waals surface area contributed by atoms with Crippen LogP contribution in [0, 0.1) is 6.92 Å². The minimum Gasteiger partial charge on any atom is -0.493 e. The van der Waals surface area contributed by atoms with Crippen molar-refractivity contribution < 1.29 is 4.74 Å². The Morgan fingerprint density at radius 3 is 2.72 bits per heavy atom. The largest absolute Gasteiger partial charge is 0.493 e. The maximum absolute atomic E-state index is 5.85. The van der Waals surface area contributed by atoms with E-state index in [0.717, 1.165) is 36.5 Å². The Morgan fingerprint density at radius 1 is 1.11 bits per heavy atom. The third kappa shape index (κ3) is 2.89. The number of para-hydroxylation sites is 1. The highest BCUT2D eigenvalue weighted by molar-refractivity contribution is 5.69. The van der Waals surface area contributed by atoms with E-state index in [-0.39, 0.29) is 0 Å². The van der Waals surface area contributed by atoms with Gasteiger partial charge in [-0.25, -0.2) is 0 Å². The van der Waals surface area contributed by atoms with Gasteiger partial charge in [-0.1, -0.05) is 31.5 Å². The molecule has 0 aliphatic heterocycles. The van der Waals surface area contributed by atoms with Gasteiger partial charge in [0.15, 0.2) is 0 Å². The number of hydrogen-bond acceptors (Lipinski definition) is 2. The molecular formula is C16H19NO. The fourth-order valence-corrected chi connectivity index (χ4v) is 1.88. The van der Waals surface area contributed by atoms with Gasteiger partial charge in [-0.15, -0.1) is 0 Å². The summed E-state index contributed by atoms with van der Waals surface area (Å²) in [5.41, 5.74) is 3.25. The minimum absolute atomic E-state index is 0.763. The van der Waals surface area contributed by atoms with Crippen LogP contribution in [0.2, 0.25) is 0 Å². The molecule has 0 amide bonds. The number of benzene rings is 1. The van der Waals surface area contributed by atoms with Gasteiger partial charge in [0.1, 0.15) is 5.75 Å². The van der Waals surface area contributed by atoms with E-state index in [1.807, 2.05) is 30.5 Å². The molecule has 0 saturated heterocycles. The van der Waals surface area contributed by atoms with E-state index in [0.29, 0.717) is 0 Å². The summed E-state index contributed by atoms with van der Waals surface area (Å²) in [7, 11) is 0. The van der Waals surface area contributed by atoms with Crippen LogP contribution in [-0.2, 0) is 0 Å². The van der Waals surface area contributed by atoms with Gasteiger partial charge in [-0.3, -0.25) is 4.98 Å². The minimum atomic E-state index is 0.763. The first kappa shape index (κ1) is 12.6. The zero-order valence-electron chi connectivity index (χ0n) is 11.0. The molecule has 0 fully saturated rings. The Morgan fingerprint density at radius 2 is 1.94 bits per heavy atom. The first-order valence-corrected chi connectivity index (χ1v) is 6.46. The average Bonchev–Trinajstić information content (AvgIpc) is 2.40. The molecule has 0 aliphatic carbocycles. The number of unbranched alkanes of at least 4 members (excludes halogenated alkanes) is 1. The van der Waals surface area contributed by atoms with Crippen LogP contribution in [0.5, 0.6) is 5.75 Å². The molecule has 0 aliphatic rings. The summed E-state index contributed by atoms with van der Waals surface area (Å²) in [6.45, 7) is 5.00. The lowest BCUT2D eigenvalue weighted by molar-refractivity contribution is 0.310. The van der Waals surface area contributed by atoms with E-state index in [9.17, 15) is 0 Å². The van der Waals surface area contributed by atoms with Crippen LogP contribution in [0.1, 0.15) is 25.3 Å². The third-order valence-corrected chi connectivity index (χ3v) is 2.91. The van der Waals surface area contributed by atoms with Crippen molar-refractivity contribution in [2.75, 3.05) is 6.61 Å². The van der Waals surface area contributed by atoms with E-state index >= 15 is 0 Å². The van der Waals surface area contributed by atoms with E-state index < -0.39 is 0 Å². The van der Waals surface area contributed by atoms with Crippen LogP contribution in [0.4, 0.5) is 0 Å². The highest BCUT2D eigenvalue weighted by Crippen LogP contribution is 2.30. The fraction of sp³-hybridized carbons (Fsp3) is 0.312. The highest BCUT2D eigenvalue weighted by atomic mass is 16.5. The molecule has 0 atom stereocenters. The number of aromatic nitrogens is 1. The third-order valence-electron chi connectivity index (χ3n) is 2.91. The first-order valence-electron chi connectivity index (χ1n) is 6.46. The number of pyridine rings is 1. The Hall–Kier alpha value is -1.83. The molecule has 1 aromatic heterocycles. The van der Waals surface area contributed by atoms with E-state index in [4.69, 9.17) is 4.74 Å². The normalized spacial score (nSPS) is 10.3. The van der Waals surface area contributed by atoms with Crippen molar-refractivity contribution in [3.8, 4) is 17.0 Å². The number of aryl methyl sites for hydroxylation is 1. The van der Waals surface area contributed by atoms with Crippen molar-refractivity contribution in [3.63, 3.8) is 0 Å². The quantitative estimate of drug-likeness (QED) is 0.731. The van der Waals surface area contributed by atoms with Gasteiger partial charge in [-0.05, 0) is 37.1 Å². The molecule has 94 valence electrons.